The lowest BCUT2D eigenvalue weighted by molar-refractivity contribution is -0.757. The van der Waals surface area contributed by atoms with Gasteiger partial charge in [0.2, 0.25) is 0 Å². The van der Waals surface area contributed by atoms with Gasteiger partial charge in [-0.05, 0) is 25.1 Å². The fourth-order valence-corrected chi connectivity index (χ4v) is 1.59. The number of carbonyl (C=O) groups is 2. The lowest BCUT2D eigenvalue weighted by atomic mass is 10.2. The van der Waals surface area contributed by atoms with Crippen molar-refractivity contribution in [3.05, 3.63) is 33.9 Å². The zero-order valence-corrected chi connectivity index (χ0v) is 14.5. The number of ether oxygens (including phenoxy) is 2. The van der Waals surface area contributed by atoms with Gasteiger partial charge in [-0.25, -0.2) is 9.59 Å². The first kappa shape index (κ1) is 23.4. The Bertz CT molecular complexity index is 639. The van der Waals surface area contributed by atoms with Crippen LogP contribution in [0.2, 0.25) is 0 Å². The summed E-state index contributed by atoms with van der Waals surface area (Å²) in [6, 6.07) is 2.25. The van der Waals surface area contributed by atoms with E-state index in [0.29, 0.717) is 0 Å². The van der Waals surface area contributed by atoms with Crippen LogP contribution in [0.3, 0.4) is 0 Å². The van der Waals surface area contributed by atoms with Crippen molar-refractivity contribution in [2.24, 2.45) is 5.73 Å². The van der Waals surface area contributed by atoms with Crippen LogP contribution in [0.15, 0.2) is 18.2 Å². The number of carboxylic acid groups (broad SMARTS) is 1. The molecular weight excluding hydrogens is 376 g/mol. The maximum absolute atomic E-state index is 11.8. The second kappa shape index (κ2) is 11.1. The number of benzene rings is 1. The third-order valence-corrected chi connectivity index (χ3v) is 2.94. The first-order chi connectivity index (χ1) is 11.7. The highest BCUT2D eigenvalue weighted by atomic mass is 35.5. The van der Waals surface area contributed by atoms with Crippen LogP contribution in [-0.4, -0.2) is 52.6 Å². The number of hydrogen-bond donors (Lipinski definition) is 3. The Morgan fingerprint density at radius 1 is 1.31 bits per heavy atom. The molecule has 0 aliphatic carbocycles. The van der Waals surface area contributed by atoms with Crippen molar-refractivity contribution in [3.63, 3.8) is 0 Å². The average Bonchev–Trinajstić information content (AvgIpc) is 2.54. The minimum Gasteiger partial charge on any atom is -0.490 e. The predicted octanol–water partition coefficient (Wildman–Crippen LogP) is 0.397. The summed E-state index contributed by atoms with van der Waals surface area (Å²) in [4.78, 5) is 37.0. The summed E-state index contributed by atoms with van der Waals surface area (Å²) in [6.45, 7) is 1.10. The minimum absolute atomic E-state index is 0. The number of aromatic carboxylic acids is 1. The molecule has 0 aromatic heterocycles. The first-order valence-electron chi connectivity index (χ1n) is 7.15. The van der Waals surface area contributed by atoms with E-state index in [0.717, 1.165) is 6.07 Å². The van der Waals surface area contributed by atoms with Crippen molar-refractivity contribution >= 4 is 24.3 Å². The topological polar surface area (TPSA) is 171 Å². The summed E-state index contributed by atoms with van der Waals surface area (Å²) in [5, 5.41) is 27.4. The highest BCUT2D eigenvalue weighted by Crippen LogP contribution is 2.29. The van der Waals surface area contributed by atoms with E-state index in [-0.39, 0.29) is 49.1 Å². The van der Waals surface area contributed by atoms with Gasteiger partial charge < -0.3 is 30.3 Å². The van der Waals surface area contributed by atoms with Crippen LogP contribution in [-0.2, 0) is 9.63 Å². The molecule has 0 amide bonds. The van der Waals surface area contributed by atoms with Gasteiger partial charge in [0.25, 0.3) is 5.09 Å². The molecular formula is C14H19ClN2O9. The normalized spacial score (nSPS) is 12.3. The lowest BCUT2D eigenvalue weighted by Gasteiger charge is -2.16. The van der Waals surface area contributed by atoms with Gasteiger partial charge in [-0.2, -0.15) is 0 Å². The Kier molecular flexibility index (Phi) is 9.96. The number of aliphatic hydroxyl groups excluding tert-OH is 1. The van der Waals surface area contributed by atoms with Gasteiger partial charge in [-0.15, -0.1) is 22.5 Å². The Labute approximate surface area is 154 Å². The van der Waals surface area contributed by atoms with Crippen LogP contribution in [0, 0.1) is 10.1 Å². The largest absolute Gasteiger partial charge is 0.490 e. The number of carbonyl (C=O) groups excluding carboxylic acids is 1. The number of esters is 1. The fraction of sp³-hybridized carbons (Fsp3) is 0.429. The summed E-state index contributed by atoms with van der Waals surface area (Å²) in [5.41, 5.74) is 5.31. The minimum atomic E-state index is -1.32. The van der Waals surface area contributed by atoms with Crippen LogP contribution in [0.25, 0.3) is 0 Å². The molecule has 1 rings (SSSR count). The van der Waals surface area contributed by atoms with Crippen LogP contribution in [0.5, 0.6) is 11.5 Å². The molecule has 0 fully saturated rings. The molecule has 0 saturated carbocycles. The van der Waals surface area contributed by atoms with Crippen LogP contribution < -0.4 is 15.2 Å². The number of nitrogens with two attached hydrogens (primary N) is 1. The molecule has 0 saturated heterocycles. The molecule has 146 valence electrons. The Morgan fingerprint density at radius 3 is 2.50 bits per heavy atom. The lowest BCUT2D eigenvalue weighted by Crippen LogP contribution is -2.42. The van der Waals surface area contributed by atoms with Crippen LogP contribution in [0.4, 0.5) is 0 Å². The van der Waals surface area contributed by atoms with Crippen molar-refractivity contribution in [1.29, 1.82) is 0 Å². The molecule has 0 aliphatic heterocycles. The van der Waals surface area contributed by atoms with E-state index in [1.807, 2.05) is 0 Å². The SMILES string of the molecule is C[C@@H](O)[C@H](N)C(=O)Oc1cc(C(=O)O)ccc1OCCCO[N+](=O)[O-].Cl. The van der Waals surface area contributed by atoms with Gasteiger partial charge in [0.1, 0.15) is 6.04 Å². The zero-order chi connectivity index (χ0) is 19.0. The standard InChI is InChI=1S/C14H18N2O9.ClH/c1-8(17)12(15)14(20)25-11-7-9(13(18)19)3-4-10(11)23-5-2-6-24-16(21)22;/h3-4,7-8,12,17H,2,5-6,15H2,1H3,(H,18,19);1H/t8-,12+;/m1./s1. The Hall–Kier alpha value is -2.63. The van der Waals surface area contributed by atoms with E-state index in [1.54, 1.807) is 0 Å². The van der Waals surface area contributed by atoms with E-state index >= 15 is 0 Å². The molecule has 11 nitrogen and oxygen atoms in total. The van der Waals surface area contributed by atoms with Gasteiger partial charge in [-0.1, -0.05) is 0 Å². The van der Waals surface area contributed by atoms with E-state index in [9.17, 15) is 24.8 Å². The van der Waals surface area contributed by atoms with Gasteiger partial charge in [-0.3, -0.25) is 0 Å². The second-order valence-corrected chi connectivity index (χ2v) is 4.91. The highest BCUT2D eigenvalue weighted by molar-refractivity contribution is 5.89. The summed E-state index contributed by atoms with van der Waals surface area (Å²) < 4.78 is 10.3. The molecule has 12 heteroatoms. The number of halogens is 1. The molecule has 0 unspecified atom stereocenters. The number of rotatable bonds is 10. The molecule has 1 aromatic carbocycles. The number of hydrogen-bond acceptors (Lipinski definition) is 9. The van der Waals surface area contributed by atoms with Gasteiger partial charge in [0.15, 0.2) is 11.5 Å². The summed E-state index contributed by atoms with van der Waals surface area (Å²) in [7, 11) is 0. The van der Waals surface area contributed by atoms with Crippen molar-refractivity contribution in [2.75, 3.05) is 13.2 Å². The Morgan fingerprint density at radius 2 is 1.96 bits per heavy atom. The first-order valence-corrected chi connectivity index (χ1v) is 7.15. The van der Waals surface area contributed by atoms with E-state index < -0.39 is 29.2 Å². The number of aliphatic hydroxyl groups is 1. The highest BCUT2D eigenvalue weighted by Gasteiger charge is 2.23. The van der Waals surface area contributed by atoms with E-state index in [1.165, 1.54) is 19.1 Å². The predicted molar refractivity (Wildman–Crippen MR) is 89.0 cm³/mol. The monoisotopic (exact) mass is 394 g/mol. The average molecular weight is 395 g/mol. The molecule has 0 spiro atoms. The molecule has 0 heterocycles. The molecule has 4 N–H and O–H groups in total. The number of nitrogens with zero attached hydrogens (tertiary/aromatic N) is 1. The molecule has 0 aliphatic rings. The number of carboxylic acids is 1. The van der Waals surface area contributed by atoms with E-state index in [2.05, 4.69) is 4.84 Å². The zero-order valence-electron chi connectivity index (χ0n) is 13.7. The van der Waals surface area contributed by atoms with Crippen LogP contribution in [0.1, 0.15) is 23.7 Å². The molecule has 0 bridgehead atoms. The van der Waals surface area contributed by atoms with Crippen molar-refractivity contribution in [2.45, 2.75) is 25.5 Å². The summed E-state index contributed by atoms with van der Waals surface area (Å²) in [6.07, 6.45) is -0.999. The van der Waals surface area contributed by atoms with Crippen LogP contribution >= 0.6 is 12.4 Å². The smallest absolute Gasteiger partial charge is 0.335 e. The van der Waals surface area contributed by atoms with Gasteiger partial charge in [0, 0.05) is 6.42 Å². The van der Waals surface area contributed by atoms with Crippen molar-refractivity contribution in [1.82, 2.24) is 0 Å². The molecule has 0 radical (unpaired) electrons. The molecule has 26 heavy (non-hydrogen) atoms. The summed E-state index contributed by atoms with van der Waals surface area (Å²) in [5.74, 6) is -2.38. The van der Waals surface area contributed by atoms with Gasteiger partial charge in [0.05, 0.1) is 24.9 Å². The Balaban J connectivity index is 0.00000625. The van der Waals surface area contributed by atoms with Crippen molar-refractivity contribution in [3.8, 4) is 11.5 Å². The van der Waals surface area contributed by atoms with Crippen molar-refractivity contribution < 1.29 is 39.2 Å². The van der Waals surface area contributed by atoms with Gasteiger partial charge >= 0.3 is 11.9 Å². The fourth-order valence-electron chi connectivity index (χ4n) is 1.59. The summed E-state index contributed by atoms with van der Waals surface area (Å²) >= 11 is 0. The molecule has 2 atom stereocenters. The second-order valence-electron chi connectivity index (χ2n) is 4.91. The quantitative estimate of drug-likeness (QED) is 0.166. The molecule has 1 aromatic rings. The third-order valence-electron chi connectivity index (χ3n) is 2.94. The maximum Gasteiger partial charge on any atom is 0.335 e. The third kappa shape index (κ3) is 7.51. The van der Waals surface area contributed by atoms with E-state index in [4.69, 9.17) is 20.3 Å². The maximum atomic E-state index is 11.8.